The van der Waals surface area contributed by atoms with Crippen LogP contribution in [0.2, 0.25) is 5.02 Å². The fraction of sp³-hybridized carbons (Fsp3) is 0.348. The first kappa shape index (κ1) is 18.7. The number of anilines is 1. The Morgan fingerprint density at radius 3 is 2.58 bits per heavy atom. The Hall–Kier alpha value is -3.06. The average Bonchev–Trinajstić information content (AvgIpc) is 3.25. The summed E-state index contributed by atoms with van der Waals surface area (Å²) in [6, 6.07) is 9.47. The van der Waals surface area contributed by atoms with Gasteiger partial charge < -0.3 is 4.98 Å². The predicted molar refractivity (Wildman–Crippen MR) is 116 cm³/mol. The molecule has 1 N–H and O–H groups in total. The number of aromatic amines is 1. The minimum absolute atomic E-state index is 0.0730. The molecule has 0 bridgehead atoms. The van der Waals surface area contributed by atoms with Gasteiger partial charge in [-0.15, -0.1) is 0 Å². The first-order chi connectivity index (χ1) is 15.0. The van der Waals surface area contributed by atoms with Crippen LogP contribution < -0.4 is 5.01 Å². The van der Waals surface area contributed by atoms with Gasteiger partial charge in [-0.3, -0.25) is 19.3 Å². The van der Waals surface area contributed by atoms with Gasteiger partial charge >= 0.3 is 0 Å². The Labute approximate surface area is 184 Å². The zero-order valence-electron chi connectivity index (χ0n) is 17.3. The lowest BCUT2D eigenvalue weighted by Gasteiger charge is -2.41. The van der Waals surface area contributed by atoms with Crippen LogP contribution in [0.5, 0.6) is 0 Å². The lowest BCUT2D eigenvalue weighted by molar-refractivity contribution is 0.0684. The molecule has 1 aromatic carbocycles. The van der Waals surface area contributed by atoms with Crippen LogP contribution in [0.15, 0.2) is 36.5 Å². The molecule has 8 heteroatoms. The van der Waals surface area contributed by atoms with E-state index in [0.29, 0.717) is 29.0 Å². The number of nitrogens with zero attached hydrogens (tertiary/aromatic N) is 4. The van der Waals surface area contributed by atoms with Crippen LogP contribution in [0.25, 0.3) is 0 Å². The molecule has 3 aromatic rings. The van der Waals surface area contributed by atoms with Gasteiger partial charge in [-0.25, -0.2) is 5.01 Å². The number of benzene rings is 1. The van der Waals surface area contributed by atoms with E-state index in [1.807, 2.05) is 58.9 Å². The van der Waals surface area contributed by atoms with Gasteiger partial charge in [-0.2, -0.15) is 5.10 Å². The number of carbonyl (C=O) groups excluding carboxylic acids is 2. The largest absolute Gasteiger partial charge is 0.357 e. The van der Waals surface area contributed by atoms with Crippen LogP contribution in [0, 0.1) is 12.8 Å². The molecule has 1 aliphatic carbocycles. The molecule has 1 saturated carbocycles. The van der Waals surface area contributed by atoms with Crippen LogP contribution >= 0.6 is 11.6 Å². The highest BCUT2D eigenvalue weighted by atomic mass is 35.5. The smallest absolute Gasteiger partial charge is 0.291 e. The lowest BCUT2D eigenvalue weighted by atomic mass is 9.97. The number of amides is 1. The van der Waals surface area contributed by atoms with Crippen molar-refractivity contribution >= 4 is 29.0 Å². The monoisotopic (exact) mass is 435 g/mol. The summed E-state index contributed by atoms with van der Waals surface area (Å²) in [5, 5.41) is 9.18. The molecule has 2 unspecified atom stereocenters. The van der Waals surface area contributed by atoms with Crippen molar-refractivity contribution in [2.45, 2.75) is 38.8 Å². The first-order valence-electron chi connectivity index (χ1n) is 10.6. The number of aryl methyl sites for hydroxylation is 1. The van der Waals surface area contributed by atoms with Crippen LogP contribution in [0.1, 0.15) is 69.6 Å². The molecular formula is C23H22ClN5O2. The highest BCUT2D eigenvalue weighted by Gasteiger charge is 2.49. The van der Waals surface area contributed by atoms with E-state index in [9.17, 15) is 9.59 Å². The first-order valence-corrected chi connectivity index (χ1v) is 11.0. The molecule has 6 rings (SSSR count). The third-order valence-electron chi connectivity index (χ3n) is 6.54. The standard InChI is InChI=1S/C23H22ClN5O2/c1-12-11-27(17-9-10-25-19(17)22(12)30)29-20(14-3-5-15(24)6-4-14)18-13(2)26-28(16-7-8-16)21(18)23(29)31/h3-6,9-10,12,16,20,25H,7-8,11H2,1-2H3. The van der Waals surface area contributed by atoms with E-state index in [4.69, 9.17) is 16.7 Å². The van der Waals surface area contributed by atoms with Gasteiger partial charge in [0, 0.05) is 29.2 Å². The van der Waals surface area contributed by atoms with Crippen LogP contribution in [-0.4, -0.2) is 38.0 Å². The van der Waals surface area contributed by atoms with Gasteiger partial charge in [0.25, 0.3) is 5.91 Å². The number of hydrogen-bond acceptors (Lipinski definition) is 4. The molecular weight excluding hydrogens is 414 g/mol. The van der Waals surface area contributed by atoms with Gasteiger partial charge in [0.05, 0.1) is 17.4 Å². The zero-order chi connectivity index (χ0) is 21.4. The van der Waals surface area contributed by atoms with E-state index in [1.54, 1.807) is 6.20 Å². The minimum atomic E-state index is -0.324. The second kappa shape index (κ2) is 6.47. The van der Waals surface area contributed by atoms with Gasteiger partial charge in [-0.05, 0) is 43.5 Å². The molecule has 31 heavy (non-hydrogen) atoms. The molecule has 4 heterocycles. The van der Waals surface area contributed by atoms with Crippen molar-refractivity contribution in [2.24, 2.45) is 5.92 Å². The van der Waals surface area contributed by atoms with Gasteiger partial charge in [0.1, 0.15) is 17.4 Å². The number of halogens is 1. The van der Waals surface area contributed by atoms with E-state index in [1.165, 1.54) is 0 Å². The van der Waals surface area contributed by atoms with Gasteiger partial charge in [0.15, 0.2) is 5.78 Å². The number of nitrogens with one attached hydrogen (secondary N) is 1. The van der Waals surface area contributed by atoms with Crippen molar-refractivity contribution in [3.05, 3.63) is 69.8 Å². The summed E-state index contributed by atoms with van der Waals surface area (Å²) in [5.74, 6) is -0.227. The minimum Gasteiger partial charge on any atom is -0.357 e. The van der Waals surface area contributed by atoms with Crippen molar-refractivity contribution in [3.63, 3.8) is 0 Å². The SMILES string of the molecule is Cc1nn(C2CC2)c2c1C(c1ccc(Cl)cc1)N(N1CC(C)C(=O)c3[nH]ccc31)C2=O. The lowest BCUT2D eigenvalue weighted by Crippen LogP contribution is -2.51. The molecule has 0 radical (unpaired) electrons. The number of ketones is 1. The molecule has 1 fully saturated rings. The molecule has 0 saturated heterocycles. The number of aromatic nitrogens is 3. The molecule has 1 amide bonds. The molecule has 3 aliphatic rings. The number of Topliss-reactive ketones (excluding diaryl/α,β-unsaturated/α-hetero) is 1. The Balaban J connectivity index is 1.55. The summed E-state index contributed by atoms with van der Waals surface area (Å²) in [6.45, 7) is 4.32. The number of hydrogen-bond donors (Lipinski definition) is 1. The zero-order valence-corrected chi connectivity index (χ0v) is 18.1. The Kier molecular flexibility index (Phi) is 3.90. The number of hydrazine groups is 1. The van der Waals surface area contributed by atoms with E-state index >= 15 is 0 Å². The maximum Gasteiger partial charge on any atom is 0.291 e. The quantitative estimate of drug-likeness (QED) is 0.665. The number of fused-ring (bicyclic) bond motifs is 2. The van der Waals surface area contributed by atoms with Gasteiger partial charge in [0.2, 0.25) is 0 Å². The highest BCUT2D eigenvalue weighted by molar-refractivity contribution is 6.30. The summed E-state index contributed by atoms with van der Waals surface area (Å²) in [7, 11) is 0. The van der Waals surface area contributed by atoms with Crippen LogP contribution in [-0.2, 0) is 0 Å². The fourth-order valence-corrected chi connectivity index (χ4v) is 5.02. The normalized spacial score (nSPS) is 22.8. The van der Waals surface area contributed by atoms with Crippen molar-refractivity contribution in [1.29, 1.82) is 0 Å². The Morgan fingerprint density at radius 1 is 1.13 bits per heavy atom. The summed E-state index contributed by atoms with van der Waals surface area (Å²) >= 11 is 6.16. The van der Waals surface area contributed by atoms with Crippen molar-refractivity contribution in [3.8, 4) is 0 Å². The number of carbonyl (C=O) groups is 2. The number of rotatable bonds is 3. The third kappa shape index (κ3) is 2.62. The maximum absolute atomic E-state index is 13.9. The van der Waals surface area contributed by atoms with Crippen LogP contribution in [0.3, 0.4) is 0 Å². The molecule has 2 atom stereocenters. The van der Waals surface area contributed by atoms with E-state index in [0.717, 1.165) is 35.3 Å². The second-order valence-electron chi connectivity index (χ2n) is 8.71. The van der Waals surface area contributed by atoms with Crippen LogP contribution in [0.4, 0.5) is 5.69 Å². The summed E-state index contributed by atoms with van der Waals surface area (Å²) in [5.41, 5.74) is 4.74. The van der Waals surface area contributed by atoms with Crippen molar-refractivity contribution in [2.75, 3.05) is 11.6 Å². The molecule has 2 aromatic heterocycles. The summed E-state index contributed by atoms with van der Waals surface area (Å²) in [4.78, 5) is 29.7. The third-order valence-corrected chi connectivity index (χ3v) is 6.79. The average molecular weight is 436 g/mol. The van der Waals surface area contributed by atoms with Crippen molar-refractivity contribution < 1.29 is 9.59 Å². The van der Waals surface area contributed by atoms with E-state index < -0.39 is 0 Å². The molecule has 7 nitrogen and oxygen atoms in total. The Bertz CT molecular complexity index is 1220. The predicted octanol–water partition coefficient (Wildman–Crippen LogP) is 4.31. The second-order valence-corrected chi connectivity index (χ2v) is 9.15. The van der Waals surface area contributed by atoms with Gasteiger partial charge in [-0.1, -0.05) is 30.7 Å². The van der Waals surface area contributed by atoms with E-state index in [-0.39, 0.29) is 23.7 Å². The fourth-order valence-electron chi connectivity index (χ4n) is 4.90. The summed E-state index contributed by atoms with van der Waals surface area (Å²) in [6.07, 6.45) is 3.85. The topological polar surface area (TPSA) is 74.2 Å². The maximum atomic E-state index is 13.9. The summed E-state index contributed by atoms with van der Waals surface area (Å²) < 4.78 is 1.92. The number of H-pyrrole nitrogens is 1. The highest BCUT2D eigenvalue weighted by Crippen LogP contribution is 2.47. The Morgan fingerprint density at radius 2 is 1.87 bits per heavy atom. The van der Waals surface area contributed by atoms with Crippen molar-refractivity contribution in [1.82, 2.24) is 19.8 Å². The molecule has 0 spiro atoms. The van der Waals surface area contributed by atoms with E-state index in [2.05, 4.69) is 4.98 Å². The molecule has 158 valence electrons. The molecule has 2 aliphatic heterocycles.